The molecule has 0 spiro atoms. The molecule has 0 bridgehead atoms. The Labute approximate surface area is 58.6 Å². The van der Waals surface area contributed by atoms with Crippen molar-refractivity contribution in [1.82, 2.24) is 0 Å². The smallest absolute Gasteiger partial charge is 0.100 e. The molecule has 0 aromatic carbocycles. The highest BCUT2D eigenvalue weighted by Crippen LogP contribution is 2.28. The summed E-state index contributed by atoms with van der Waals surface area (Å²) in [6.07, 6.45) is 3.30. The first kappa shape index (κ1) is 5.35. The van der Waals surface area contributed by atoms with E-state index >= 15 is 0 Å². The Kier molecular flexibility index (Phi) is 0.947. The van der Waals surface area contributed by atoms with Crippen molar-refractivity contribution in [3.05, 3.63) is 30.7 Å². The first-order valence-electron chi connectivity index (χ1n) is 3.08. The monoisotopic (exact) mass is 133 g/mol. The quantitative estimate of drug-likeness (QED) is 0.596. The fraction of sp³-hybridized carbons (Fsp3) is 0. The van der Waals surface area contributed by atoms with Crippen molar-refractivity contribution in [3.8, 4) is 11.1 Å². The van der Waals surface area contributed by atoms with Crippen LogP contribution in [0.1, 0.15) is 0 Å². The van der Waals surface area contributed by atoms with E-state index in [9.17, 15) is 0 Å². The Bertz CT molecular complexity index is 313. The molecule has 0 amide bonds. The molecule has 0 aromatic heterocycles. The van der Waals surface area contributed by atoms with Crippen LogP contribution in [0.15, 0.2) is 35.1 Å². The van der Waals surface area contributed by atoms with Gasteiger partial charge in [0.15, 0.2) is 0 Å². The van der Waals surface area contributed by atoms with Crippen LogP contribution in [0.4, 0.5) is 5.69 Å². The van der Waals surface area contributed by atoms with Crippen LogP contribution >= 0.6 is 0 Å². The summed E-state index contributed by atoms with van der Waals surface area (Å²) in [6.45, 7) is 0. The van der Waals surface area contributed by atoms with Gasteiger partial charge >= 0.3 is 0 Å². The van der Waals surface area contributed by atoms with Gasteiger partial charge in [0.1, 0.15) is 6.26 Å². The molecule has 10 heavy (non-hydrogen) atoms. The van der Waals surface area contributed by atoms with E-state index in [0.29, 0.717) is 0 Å². The number of fused-ring (bicyclic) bond motifs is 1. The third kappa shape index (κ3) is 0.589. The van der Waals surface area contributed by atoms with E-state index in [2.05, 4.69) is 0 Å². The highest BCUT2D eigenvalue weighted by Gasteiger charge is 2.04. The minimum absolute atomic E-state index is 0.777. The molecule has 2 rings (SSSR count). The molecular weight excluding hydrogens is 126 g/mol. The van der Waals surface area contributed by atoms with Gasteiger partial charge in [0.25, 0.3) is 0 Å². The molecular formula is C8H7NO. The molecule has 1 heterocycles. The number of rotatable bonds is 0. The molecule has 0 saturated heterocycles. The third-order valence-electron chi connectivity index (χ3n) is 1.58. The Morgan fingerprint density at radius 3 is 2.90 bits per heavy atom. The van der Waals surface area contributed by atoms with Crippen LogP contribution in [-0.2, 0) is 0 Å². The highest BCUT2D eigenvalue weighted by atomic mass is 16.3. The highest BCUT2D eigenvalue weighted by molar-refractivity contribution is 5.78. The molecule has 0 unspecified atom stereocenters. The molecule has 2 nitrogen and oxygen atoms in total. The van der Waals surface area contributed by atoms with Gasteiger partial charge in [-0.3, -0.25) is 0 Å². The van der Waals surface area contributed by atoms with Crippen molar-refractivity contribution in [2.75, 3.05) is 5.73 Å². The molecule has 1 aliphatic heterocycles. The van der Waals surface area contributed by atoms with Crippen LogP contribution in [0, 0.1) is 0 Å². The van der Waals surface area contributed by atoms with E-state index in [-0.39, 0.29) is 0 Å². The fourth-order valence-corrected chi connectivity index (χ4v) is 1.03. The molecule has 0 saturated carbocycles. The summed E-state index contributed by atoms with van der Waals surface area (Å²) in [6, 6.07) is 5.74. The lowest BCUT2D eigenvalue weighted by molar-refractivity contribution is 0.552. The number of anilines is 1. The van der Waals surface area contributed by atoms with E-state index < -0.39 is 0 Å². The van der Waals surface area contributed by atoms with E-state index in [0.717, 1.165) is 16.8 Å². The Hall–Kier alpha value is -1.44. The molecule has 2 N–H and O–H groups in total. The Morgan fingerprint density at radius 1 is 1.20 bits per heavy atom. The zero-order chi connectivity index (χ0) is 6.97. The largest absolute Gasteiger partial charge is 0.472 e. The van der Waals surface area contributed by atoms with Crippen LogP contribution in [0.3, 0.4) is 0 Å². The number of nitrogens with two attached hydrogens (primary N) is 1. The first-order chi connectivity index (χ1) is 4.88. The summed E-state index contributed by atoms with van der Waals surface area (Å²) in [5.74, 6) is 0. The summed E-state index contributed by atoms with van der Waals surface area (Å²) in [4.78, 5) is 0. The lowest BCUT2D eigenvalue weighted by atomic mass is 10.2. The first-order valence-corrected chi connectivity index (χ1v) is 3.08. The zero-order valence-corrected chi connectivity index (χ0v) is 5.37. The second kappa shape index (κ2) is 1.77. The normalized spacial score (nSPS) is 10.4. The second-order valence-corrected chi connectivity index (χ2v) is 2.21. The molecule has 2 heteroatoms. The molecule has 2 aliphatic rings. The van der Waals surface area contributed by atoms with E-state index in [1.165, 1.54) is 0 Å². The summed E-state index contributed by atoms with van der Waals surface area (Å²) in [5.41, 5.74) is 8.51. The van der Waals surface area contributed by atoms with Gasteiger partial charge < -0.3 is 10.2 Å². The molecule has 1 aliphatic carbocycles. The summed E-state index contributed by atoms with van der Waals surface area (Å²) >= 11 is 0. The SMILES string of the molecule is Nc1ccc2ccocc1-2. The summed E-state index contributed by atoms with van der Waals surface area (Å²) in [7, 11) is 0. The van der Waals surface area contributed by atoms with Crippen molar-refractivity contribution in [2.24, 2.45) is 0 Å². The predicted molar refractivity (Wildman–Crippen MR) is 39.7 cm³/mol. The van der Waals surface area contributed by atoms with Gasteiger partial charge in [-0.2, -0.15) is 0 Å². The maximum absolute atomic E-state index is 5.62. The number of hydrogen-bond donors (Lipinski definition) is 1. The van der Waals surface area contributed by atoms with Crippen molar-refractivity contribution in [1.29, 1.82) is 0 Å². The topological polar surface area (TPSA) is 39.2 Å². The van der Waals surface area contributed by atoms with Crippen LogP contribution < -0.4 is 5.73 Å². The van der Waals surface area contributed by atoms with Crippen LogP contribution in [0.5, 0.6) is 0 Å². The minimum atomic E-state index is 0.777. The van der Waals surface area contributed by atoms with Crippen molar-refractivity contribution in [2.45, 2.75) is 0 Å². The molecule has 0 atom stereocenters. The van der Waals surface area contributed by atoms with Gasteiger partial charge in [0, 0.05) is 11.3 Å². The number of hydrogen-bond acceptors (Lipinski definition) is 2. The van der Waals surface area contributed by atoms with Crippen LogP contribution in [-0.4, -0.2) is 0 Å². The lowest BCUT2D eigenvalue weighted by Gasteiger charge is -1.95. The van der Waals surface area contributed by atoms with E-state index in [4.69, 9.17) is 10.2 Å². The van der Waals surface area contributed by atoms with E-state index in [1.54, 1.807) is 12.5 Å². The minimum Gasteiger partial charge on any atom is -0.472 e. The third-order valence-corrected chi connectivity index (χ3v) is 1.58. The average molecular weight is 133 g/mol. The maximum atomic E-state index is 5.62. The molecule has 0 fully saturated rings. The number of nitrogen functional groups attached to an aromatic ring is 1. The summed E-state index contributed by atoms with van der Waals surface area (Å²) < 4.78 is 4.95. The maximum Gasteiger partial charge on any atom is 0.100 e. The van der Waals surface area contributed by atoms with Gasteiger partial charge in [-0.1, -0.05) is 6.07 Å². The van der Waals surface area contributed by atoms with E-state index in [1.807, 2.05) is 18.2 Å². The van der Waals surface area contributed by atoms with Gasteiger partial charge in [0.2, 0.25) is 0 Å². The van der Waals surface area contributed by atoms with Crippen molar-refractivity contribution in [3.63, 3.8) is 0 Å². The van der Waals surface area contributed by atoms with Gasteiger partial charge in [-0.25, -0.2) is 0 Å². The predicted octanol–water partition coefficient (Wildman–Crippen LogP) is 1.97. The van der Waals surface area contributed by atoms with Crippen LogP contribution in [0.25, 0.3) is 11.1 Å². The zero-order valence-electron chi connectivity index (χ0n) is 5.37. The van der Waals surface area contributed by atoms with Crippen molar-refractivity contribution < 1.29 is 4.42 Å². The Morgan fingerprint density at radius 2 is 2.10 bits per heavy atom. The Balaban J connectivity index is 2.78. The van der Waals surface area contributed by atoms with Crippen LogP contribution in [0.2, 0.25) is 0 Å². The fourth-order valence-electron chi connectivity index (χ4n) is 1.03. The lowest BCUT2D eigenvalue weighted by Crippen LogP contribution is -1.82. The van der Waals surface area contributed by atoms with Gasteiger partial charge in [-0.05, 0) is 17.7 Å². The summed E-state index contributed by atoms with van der Waals surface area (Å²) in [5, 5.41) is 0. The van der Waals surface area contributed by atoms with Gasteiger partial charge in [0.05, 0.1) is 6.26 Å². The molecule has 50 valence electrons. The molecule has 0 radical (unpaired) electrons. The van der Waals surface area contributed by atoms with Gasteiger partial charge in [-0.15, -0.1) is 0 Å². The van der Waals surface area contributed by atoms with Crippen molar-refractivity contribution >= 4 is 5.69 Å². The molecule has 0 aromatic rings. The standard InChI is InChI=1S/C8H7NO/c9-8-2-1-6-3-4-10-5-7(6)8/h1-5H,9H2. The second-order valence-electron chi connectivity index (χ2n) is 2.21. The average Bonchev–Trinajstić information content (AvgIpc) is 2.34.